The van der Waals surface area contributed by atoms with Crippen molar-refractivity contribution in [2.24, 2.45) is 10.3 Å². The fourth-order valence-electron chi connectivity index (χ4n) is 3.25. The summed E-state index contributed by atoms with van der Waals surface area (Å²) in [7, 11) is 0. The lowest BCUT2D eigenvalue weighted by molar-refractivity contribution is -0.123. The zero-order valence-electron chi connectivity index (χ0n) is 14.4. The number of fused-ring (bicyclic) bond motifs is 1. The van der Waals surface area contributed by atoms with Crippen LogP contribution in [0.3, 0.4) is 0 Å². The van der Waals surface area contributed by atoms with Gasteiger partial charge in [-0.3, -0.25) is 14.6 Å². The molecule has 0 bridgehead atoms. The van der Waals surface area contributed by atoms with Crippen molar-refractivity contribution in [2.45, 2.75) is 32.5 Å². The maximum atomic E-state index is 13.0. The Bertz CT molecular complexity index is 926. The van der Waals surface area contributed by atoms with Crippen LogP contribution in [0.15, 0.2) is 52.8 Å². The third kappa shape index (κ3) is 2.66. The fraction of sp³-hybridized carbons (Fsp3) is 0.263. The van der Waals surface area contributed by atoms with Crippen LogP contribution in [0.5, 0.6) is 0 Å². The first-order chi connectivity index (χ1) is 12.5. The minimum atomic E-state index is -0.781. The first kappa shape index (κ1) is 16.7. The van der Waals surface area contributed by atoms with Crippen molar-refractivity contribution in [2.75, 3.05) is 4.90 Å². The second-order valence-corrected chi connectivity index (χ2v) is 7.04. The zero-order valence-corrected chi connectivity index (χ0v) is 15.1. The smallest absolute Gasteiger partial charge is 0.263 e. The van der Waals surface area contributed by atoms with Gasteiger partial charge in [-0.25, -0.2) is 4.90 Å². The van der Waals surface area contributed by atoms with Gasteiger partial charge in [0.2, 0.25) is 0 Å². The largest absolute Gasteiger partial charge is 0.271 e. The molecular formula is C19H17ClN4O2. The minimum absolute atomic E-state index is 0.290. The molecule has 2 aliphatic heterocycles. The molecule has 7 heteroatoms. The van der Waals surface area contributed by atoms with E-state index in [9.17, 15) is 9.59 Å². The first-order valence-electron chi connectivity index (χ1n) is 8.32. The Balaban J connectivity index is 1.60. The van der Waals surface area contributed by atoms with Crippen molar-refractivity contribution < 1.29 is 9.59 Å². The standard InChI is InChI=1S/C19H17ClN4O2/c1-11-3-8-15(9-12(11)2)24-18(25)16-17(19(24)26)23(22-21-16)10-13-4-6-14(20)7-5-13/h3-9,16-17H,10H2,1-2H3/t16-,17-/m0/s1. The Hall–Kier alpha value is -2.73. The van der Waals surface area contributed by atoms with Gasteiger partial charge in [0.15, 0.2) is 12.1 Å². The molecule has 2 aromatic carbocycles. The minimum Gasteiger partial charge on any atom is -0.271 e. The van der Waals surface area contributed by atoms with Gasteiger partial charge in [-0.2, -0.15) is 5.11 Å². The Labute approximate surface area is 156 Å². The van der Waals surface area contributed by atoms with E-state index in [0.717, 1.165) is 16.7 Å². The van der Waals surface area contributed by atoms with Gasteiger partial charge in [0.05, 0.1) is 12.2 Å². The number of aryl methyl sites for hydroxylation is 2. The van der Waals surface area contributed by atoms with E-state index in [1.807, 2.05) is 38.1 Å². The van der Waals surface area contributed by atoms with Crippen molar-refractivity contribution in [3.63, 3.8) is 0 Å². The topological polar surface area (TPSA) is 65.3 Å². The summed E-state index contributed by atoms with van der Waals surface area (Å²) < 4.78 is 0. The van der Waals surface area contributed by atoms with E-state index in [-0.39, 0.29) is 11.8 Å². The predicted molar refractivity (Wildman–Crippen MR) is 97.8 cm³/mol. The van der Waals surface area contributed by atoms with Crippen LogP contribution in [-0.4, -0.2) is 28.9 Å². The maximum Gasteiger partial charge on any atom is 0.263 e. The highest BCUT2D eigenvalue weighted by Gasteiger charge is 2.54. The molecule has 0 unspecified atom stereocenters. The van der Waals surface area contributed by atoms with Crippen LogP contribution in [0.1, 0.15) is 16.7 Å². The molecule has 2 amide bonds. The fourth-order valence-corrected chi connectivity index (χ4v) is 3.38. The highest BCUT2D eigenvalue weighted by atomic mass is 35.5. The van der Waals surface area contributed by atoms with E-state index in [1.54, 1.807) is 23.2 Å². The average molecular weight is 369 g/mol. The molecule has 132 valence electrons. The number of rotatable bonds is 3. The Morgan fingerprint density at radius 1 is 1.00 bits per heavy atom. The number of hydrogen-bond acceptors (Lipinski definition) is 5. The molecule has 0 N–H and O–H groups in total. The lowest BCUT2D eigenvalue weighted by Crippen LogP contribution is -2.39. The van der Waals surface area contributed by atoms with E-state index < -0.39 is 12.1 Å². The number of anilines is 1. The molecule has 0 aromatic heterocycles. The van der Waals surface area contributed by atoms with E-state index in [4.69, 9.17) is 11.6 Å². The second kappa shape index (κ2) is 6.21. The number of imide groups is 1. The summed E-state index contributed by atoms with van der Waals surface area (Å²) in [5.41, 5.74) is 3.66. The SMILES string of the molecule is Cc1ccc(N2C(=O)[C@H]3N=NN(Cc4ccc(Cl)cc4)[C@@H]3C2=O)cc1C. The van der Waals surface area contributed by atoms with Gasteiger partial charge in [0.1, 0.15) is 0 Å². The summed E-state index contributed by atoms with van der Waals surface area (Å²) in [5, 5.41) is 10.3. The summed E-state index contributed by atoms with van der Waals surface area (Å²) in [6.45, 7) is 4.34. The van der Waals surface area contributed by atoms with Crippen LogP contribution >= 0.6 is 11.6 Å². The molecule has 1 fully saturated rings. The molecule has 2 heterocycles. The van der Waals surface area contributed by atoms with Gasteiger partial charge < -0.3 is 0 Å². The van der Waals surface area contributed by atoms with E-state index in [0.29, 0.717) is 17.3 Å². The molecule has 1 saturated heterocycles. The van der Waals surface area contributed by atoms with Crippen LogP contribution in [0.25, 0.3) is 0 Å². The summed E-state index contributed by atoms with van der Waals surface area (Å²) in [4.78, 5) is 26.9. The number of amides is 2. The van der Waals surface area contributed by atoms with Crippen molar-refractivity contribution in [3.05, 3.63) is 64.2 Å². The molecule has 2 atom stereocenters. The normalized spacial score (nSPS) is 21.7. The number of carbonyl (C=O) groups is 2. The lowest BCUT2D eigenvalue weighted by atomic mass is 10.1. The molecule has 0 spiro atoms. The maximum absolute atomic E-state index is 13.0. The number of hydrogen-bond donors (Lipinski definition) is 0. The molecule has 26 heavy (non-hydrogen) atoms. The van der Waals surface area contributed by atoms with Crippen molar-refractivity contribution in [1.29, 1.82) is 0 Å². The summed E-state index contributed by atoms with van der Waals surface area (Å²) in [5.74, 6) is -0.618. The van der Waals surface area contributed by atoms with Crippen LogP contribution < -0.4 is 4.90 Å². The summed E-state index contributed by atoms with van der Waals surface area (Å²) >= 11 is 5.91. The molecular weight excluding hydrogens is 352 g/mol. The van der Waals surface area contributed by atoms with Crippen molar-refractivity contribution >= 4 is 29.1 Å². The molecule has 0 saturated carbocycles. The molecule has 2 aromatic rings. The van der Waals surface area contributed by atoms with Gasteiger partial charge >= 0.3 is 0 Å². The van der Waals surface area contributed by atoms with Gasteiger partial charge in [-0.05, 0) is 54.8 Å². The monoisotopic (exact) mass is 368 g/mol. The molecule has 4 rings (SSSR count). The van der Waals surface area contributed by atoms with Gasteiger partial charge in [0, 0.05) is 5.02 Å². The molecule has 0 aliphatic carbocycles. The van der Waals surface area contributed by atoms with E-state index in [1.165, 1.54) is 4.90 Å². The summed E-state index contributed by atoms with van der Waals surface area (Å²) in [6.07, 6.45) is 0. The predicted octanol–water partition coefficient (Wildman–Crippen LogP) is 3.45. The Morgan fingerprint density at radius 2 is 1.73 bits per heavy atom. The zero-order chi connectivity index (χ0) is 18.4. The Kier molecular flexibility index (Phi) is 4.00. The van der Waals surface area contributed by atoms with Crippen LogP contribution in [0.4, 0.5) is 5.69 Å². The Morgan fingerprint density at radius 3 is 2.42 bits per heavy atom. The lowest BCUT2D eigenvalue weighted by Gasteiger charge is -2.21. The van der Waals surface area contributed by atoms with E-state index >= 15 is 0 Å². The number of halogens is 1. The van der Waals surface area contributed by atoms with Crippen molar-refractivity contribution in [1.82, 2.24) is 5.01 Å². The van der Waals surface area contributed by atoms with Gasteiger partial charge in [0.25, 0.3) is 11.8 Å². The number of carbonyl (C=O) groups excluding carboxylic acids is 2. The van der Waals surface area contributed by atoms with Crippen LogP contribution in [-0.2, 0) is 16.1 Å². The molecule has 2 aliphatic rings. The van der Waals surface area contributed by atoms with Crippen LogP contribution in [0, 0.1) is 13.8 Å². The van der Waals surface area contributed by atoms with Gasteiger partial charge in [-0.1, -0.05) is 35.0 Å². The van der Waals surface area contributed by atoms with Crippen LogP contribution in [0.2, 0.25) is 5.02 Å². The highest BCUT2D eigenvalue weighted by Crippen LogP contribution is 2.33. The third-order valence-electron chi connectivity index (χ3n) is 4.86. The molecule has 0 radical (unpaired) electrons. The van der Waals surface area contributed by atoms with E-state index in [2.05, 4.69) is 10.3 Å². The van der Waals surface area contributed by atoms with Gasteiger partial charge in [-0.15, -0.1) is 0 Å². The van der Waals surface area contributed by atoms with Crippen molar-refractivity contribution in [3.8, 4) is 0 Å². The molecule has 6 nitrogen and oxygen atoms in total. The average Bonchev–Trinajstić information content (AvgIpc) is 3.13. The number of benzene rings is 2. The highest BCUT2D eigenvalue weighted by molar-refractivity contribution is 6.30. The number of nitrogens with zero attached hydrogens (tertiary/aromatic N) is 4. The second-order valence-electron chi connectivity index (χ2n) is 6.60. The first-order valence-corrected chi connectivity index (χ1v) is 8.70. The third-order valence-corrected chi connectivity index (χ3v) is 5.12. The quantitative estimate of drug-likeness (QED) is 0.779. The summed E-state index contributed by atoms with van der Waals surface area (Å²) in [6, 6.07) is 11.4.